The maximum atomic E-state index is 12.3. The summed E-state index contributed by atoms with van der Waals surface area (Å²) in [5.74, 6) is 0.499. The van der Waals surface area contributed by atoms with Crippen molar-refractivity contribution in [3.8, 4) is 0 Å². The number of hydrogen-bond donors (Lipinski definition) is 2. The summed E-state index contributed by atoms with van der Waals surface area (Å²) >= 11 is 0. The van der Waals surface area contributed by atoms with E-state index in [0.29, 0.717) is 30.7 Å². The van der Waals surface area contributed by atoms with Crippen molar-refractivity contribution < 1.29 is 14.7 Å². The highest BCUT2D eigenvalue weighted by atomic mass is 16.4. The van der Waals surface area contributed by atoms with Gasteiger partial charge in [0, 0.05) is 13.0 Å². The molecule has 1 heterocycles. The molecular weight excluding hydrogens is 256 g/mol. The fourth-order valence-electron chi connectivity index (χ4n) is 2.97. The molecule has 0 aromatic rings. The first-order chi connectivity index (χ1) is 9.56. The molecule has 1 saturated carbocycles. The number of carbonyl (C=O) groups is 2. The lowest BCUT2D eigenvalue weighted by molar-refractivity contribution is -0.145. The third-order valence-corrected chi connectivity index (χ3v) is 4.49. The van der Waals surface area contributed by atoms with Gasteiger partial charge in [-0.2, -0.15) is 0 Å². The van der Waals surface area contributed by atoms with Crippen LogP contribution < -0.4 is 5.32 Å². The zero-order chi connectivity index (χ0) is 14.5. The Balaban J connectivity index is 1.83. The standard InChI is InChI=1S/C15H26N2O3/c1-11(13-3-2-6-16-8-13)7-14(18)17(10-15(19)20)9-12-4-5-12/h11-13,16H,2-10H2,1H3,(H,19,20). The van der Waals surface area contributed by atoms with Gasteiger partial charge in [0.1, 0.15) is 6.54 Å². The van der Waals surface area contributed by atoms with Gasteiger partial charge in [-0.05, 0) is 56.5 Å². The number of carboxylic acids is 1. The average Bonchev–Trinajstić information content (AvgIpc) is 3.22. The van der Waals surface area contributed by atoms with Gasteiger partial charge in [-0.3, -0.25) is 9.59 Å². The Labute approximate surface area is 120 Å². The molecule has 0 bridgehead atoms. The fraction of sp³-hybridized carbons (Fsp3) is 0.867. The molecule has 5 heteroatoms. The Hall–Kier alpha value is -1.10. The van der Waals surface area contributed by atoms with E-state index in [4.69, 9.17) is 5.11 Å². The molecule has 2 fully saturated rings. The second kappa shape index (κ2) is 7.07. The first kappa shape index (κ1) is 15.3. The Kier molecular flexibility index (Phi) is 5.40. The van der Waals surface area contributed by atoms with E-state index >= 15 is 0 Å². The van der Waals surface area contributed by atoms with Gasteiger partial charge in [-0.1, -0.05) is 6.92 Å². The monoisotopic (exact) mass is 282 g/mol. The normalized spacial score (nSPS) is 24.1. The van der Waals surface area contributed by atoms with Crippen molar-refractivity contribution in [2.75, 3.05) is 26.2 Å². The smallest absolute Gasteiger partial charge is 0.323 e. The largest absolute Gasteiger partial charge is 0.480 e. The molecule has 5 nitrogen and oxygen atoms in total. The molecule has 0 spiro atoms. The second-order valence-corrected chi connectivity index (χ2v) is 6.40. The molecule has 2 rings (SSSR count). The van der Waals surface area contributed by atoms with E-state index in [9.17, 15) is 9.59 Å². The van der Waals surface area contributed by atoms with E-state index in [1.807, 2.05) is 0 Å². The minimum absolute atomic E-state index is 0.0115. The summed E-state index contributed by atoms with van der Waals surface area (Å²) < 4.78 is 0. The van der Waals surface area contributed by atoms with Gasteiger partial charge in [0.25, 0.3) is 0 Å². The molecule has 1 aliphatic heterocycles. The number of nitrogens with zero attached hydrogens (tertiary/aromatic N) is 1. The number of aliphatic carboxylic acids is 1. The number of amides is 1. The van der Waals surface area contributed by atoms with Crippen molar-refractivity contribution in [2.45, 2.75) is 39.0 Å². The summed E-state index contributed by atoms with van der Waals surface area (Å²) in [6.45, 7) is 4.65. The minimum Gasteiger partial charge on any atom is -0.480 e. The van der Waals surface area contributed by atoms with E-state index in [-0.39, 0.29) is 12.5 Å². The van der Waals surface area contributed by atoms with Crippen molar-refractivity contribution >= 4 is 11.9 Å². The Morgan fingerprint density at radius 1 is 1.35 bits per heavy atom. The van der Waals surface area contributed by atoms with Gasteiger partial charge in [-0.25, -0.2) is 0 Å². The lowest BCUT2D eigenvalue weighted by atomic mass is 9.85. The van der Waals surface area contributed by atoms with Crippen molar-refractivity contribution in [3.05, 3.63) is 0 Å². The van der Waals surface area contributed by atoms with E-state index in [1.54, 1.807) is 4.90 Å². The lowest BCUT2D eigenvalue weighted by Crippen LogP contribution is -2.40. The van der Waals surface area contributed by atoms with Crippen LogP contribution in [0.25, 0.3) is 0 Å². The van der Waals surface area contributed by atoms with E-state index < -0.39 is 5.97 Å². The highest BCUT2D eigenvalue weighted by Gasteiger charge is 2.30. The lowest BCUT2D eigenvalue weighted by Gasteiger charge is -2.30. The van der Waals surface area contributed by atoms with Gasteiger partial charge >= 0.3 is 5.97 Å². The van der Waals surface area contributed by atoms with E-state index in [0.717, 1.165) is 25.9 Å². The Bertz CT molecular complexity index is 349. The van der Waals surface area contributed by atoms with Crippen molar-refractivity contribution in [1.82, 2.24) is 10.2 Å². The van der Waals surface area contributed by atoms with Gasteiger partial charge in [0.05, 0.1) is 0 Å². The van der Waals surface area contributed by atoms with E-state index in [1.165, 1.54) is 12.8 Å². The molecule has 0 aromatic carbocycles. The van der Waals surface area contributed by atoms with Crippen LogP contribution in [0.15, 0.2) is 0 Å². The van der Waals surface area contributed by atoms with Crippen LogP contribution in [-0.4, -0.2) is 48.1 Å². The van der Waals surface area contributed by atoms with E-state index in [2.05, 4.69) is 12.2 Å². The molecule has 1 amide bonds. The number of piperidine rings is 1. The number of nitrogens with one attached hydrogen (secondary N) is 1. The second-order valence-electron chi connectivity index (χ2n) is 6.40. The number of carboxylic acid groups (broad SMARTS) is 1. The van der Waals surface area contributed by atoms with Gasteiger partial charge in [-0.15, -0.1) is 0 Å². The van der Waals surface area contributed by atoms with Gasteiger partial charge in [0.2, 0.25) is 5.91 Å². The Morgan fingerprint density at radius 2 is 2.10 bits per heavy atom. The first-order valence-corrected chi connectivity index (χ1v) is 7.76. The van der Waals surface area contributed by atoms with Crippen LogP contribution in [0.5, 0.6) is 0 Å². The molecule has 2 N–H and O–H groups in total. The van der Waals surface area contributed by atoms with Crippen LogP contribution in [0.4, 0.5) is 0 Å². The Morgan fingerprint density at radius 3 is 2.65 bits per heavy atom. The van der Waals surface area contributed by atoms with Gasteiger partial charge in [0.15, 0.2) is 0 Å². The van der Waals surface area contributed by atoms with Crippen LogP contribution in [0.3, 0.4) is 0 Å². The summed E-state index contributed by atoms with van der Waals surface area (Å²) in [6.07, 6.45) is 5.08. The summed E-state index contributed by atoms with van der Waals surface area (Å²) in [6, 6.07) is 0. The zero-order valence-electron chi connectivity index (χ0n) is 12.3. The fourth-order valence-corrected chi connectivity index (χ4v) is 2.97. The van der Waals surface area contributed by atoms with Crippen LogP contribution >= 0.6 is 0 Å². The predicted molar refractivity (Wildman–Crippen MR) is 76.3 cm³/mol. The summed E-state index contributed by atoms with van der Waals surface area (Å²) in [5.41, 5.74) is 0. The van der Waals surface area contributed by atoms with Crippen molar-refractivity contribution in [3.63, 3.8) is 0 Å². The first-order valence-electron chi connectivity index (χ1n) is 7.76. The maximum Gasteiger partial charge on any atom is 0.323 e. The number of hydrogen-bond acceptors (Lipinski definition) is 3. The molecule has 1 aliphatic carbocycles. The summed E-state index contributed by atoms with van der Waals surface area (Å²) in [5, 5.41) is 12.3. The molecule has 20 heavy (non-hydrogen) atoms. The SMILES string of the molecule is CC(CC(=O)N(CC(=O)O)CC1CC1)C1CCCNC1. The molecular formula is C15H26N2O3. The molecule has 0 radical (unpaired) electrons. The van der Waals surface area contributed by atoms with Gasteiger partial charge < -0.3 is 15.3 Å². The molecule has 2 aliphatic rings. The van der Waals surface area contributed by atoms with Crippen LogP contribution in [-0.2, 0) is 9.59 Å². The quantitative estimate of drug-likeness (QED) is 0.739. The number of carbonyl (C=O) groups excluding carboxylic acids is 1. The highest BCUT2D eigenvalue weighted by Crippen LogP contribution is 2.30. The van der Waals surface area contributed by atoms with Crippen LogP contribution in [0.1, 0.15) is 39.0 Å². The topological polar surface area (TPSA) is 69.6 Å². The molecule has 0 aromatic heterocycles. The number of rotatable bonds is 7. The summed E-state index contributed by atoms with van der Waals surface area (Å²) in [7, 11) is 0. The average molecular weight is 282 g/mol. The minimum atomic E-state index is -0.911. The molecule has 2 atom stereocenters. The third kappa shape index (κ3) is 4.78. The van der Waals surface area contributed by atoms with Crippen LogP contribution in [0.2, 0.25) is 0 Å². The zero-order valence-corrected chi connectivity index (χ0v) is 12.3. The van der Waals surface area contributed by atoms with Crippen LogP contribution in [0, 0.1) is 17.8 Å². The summed E-state index contributed by atoms with van der Waals surface area (Å²) in [4.78, 5) is 24.8. The highest BCUT2D eigenvalue weighted by molar-refractivity contribution is 5.81. The van der Waals surface area contributed by atoms with Crippen molar-refractivity contribution in [2.24, 2.45) is 17.8 Å². The molecule has 114 valence electrons. The molecule has 1 saturated heterocycles. The maximum absolute atomic E-state index is 12.3. The van der Waals surface area contributed by atoms with Crippen molar-refractivity contribution in [1.29, 1.82) is 0 Å². The predicted octanol–water partition coefficient (Wildman–Crippen LogP) is 1.34. The molecule has 2 unspecified atom stereocenters. The third-order valence-electron chi connectivity index (χ3n) is 4.49.